The molecule has 0 spiro atoms. The lowest BCUT2D eigenvalue weighted by Gasteiger charge is -2.24. The summed E-state index contributed by atoms with van der Waals surface area (Å²) < 4.78 is 5.81. The van der Waals surface area contributed by atoms with Gasteiger partial charge < -0.3 is 25.2 Å². The van der Waals surface area contributed by atoms with Gasteiger partial charge in [0, 0.05) is 24.2 Å². The lowest BCUT2D eigenvalue weighted by Crippen LogP contribution is -2.30. The SMILES string of the molecule is O=C(NCc1ccc(Oc2ccccc2)cc1)c1ccc(CN(C(=O)CCC2CC2)c2ccc(O)c(C(=O)O)c2)cc1. The summed E-state index contributed by atoms with van der Waals surface area (Å²) in [4.78, 5) is 39.1. The third-order valence-corrected chi connectivity index (χ3v) is 7.20. The summed E-state index contributed by atoms with van der Waals surface area (Å²) in [6.07, 6.45) is 3.41. The first-order chi connectivity index (χ1) is 20.4. The minimum Gasteiger partial charge on any atom is -0.507 e. The molecule has 1 aliphatic rings. The van der Waals surface area contributed by atoms with E-state index in [4.69, 9.17) is 4.74 Å². The van der Waals surface area contributed by atoms with E-state index < -0.39 is 5.97 Å². The number of benzene rings is 4. The average Bonchev–Trinajstić information content (AvgIpc) is 3.84. The summed E-state index contributed by atoms with van der Waals surface area (Å²) in [5.41, 5.74) is 2.32. The maximum Gasteiger partial charge on any atom is 0.339 e. The van der Waals surface area contributed by atoms with Gasteiger partial charge in [-0.2, -0.15) is 0 Å². The van der Waals surface area contributed by atoms with Crippen LogP contribution in [0.4, 0.5) is 5.69 Å². The average molecular weight is 565 g/mol. The van der Waals surface area contributed by atoms with Gasteiger partial charge in [0.2, 0.25) is 5.91 Å². The number of amides is 2. The van der Waals surface area contributed by atoms with E-state index in [2.05, 4.69) is 5.32 Å². The van der Waals surface area contributed by atoms with E-state index in [0.29, 0.717) is 35.9 Å². The van der Waals surface area contributed by atoms with Gasteiger partial charge in [0.05, 0.1) is 6.54 Å². The Morgan fingerprint density at radius 1 is 0.833 bits per heavy atom. The summed E-state index contributed by atoms with van der Waals surface area (Å²) in [6, 6.07) is 28.1. The highest BCUT2D eigenvalue weighted by atomic mass is 16.5. The number of carbonyl (C=O) groups is 3. The molecule has 0 unspecified atom stereocenters. The quantitative estimate of drug-likeness (QED) is 0.180. The normalized spacial score (nSPS) is 12.4. The number of anilines is 1. The number of hydrogen-bond acceptors (Lipinski definition) is 5. The number of para-hydroxylation sites is 1. The number of ether oxygens (including phenoxy) is 1. The number of nitrogens with zero attached hydrogens (tertiary/aromatic N) is 1. The van der Waals surface area contributed by atoms with E-state index in [-0.39, 0.29) is 29.7 Å². The molecule has 1 aliphatic carbocycles. The van der Waals surface area contributed by atoms with Crippen LogP contribution >= 0.6 is 0 Å². The number of aromatic hydroxyl groups is 1. The van der Waals surface area contributed by atoms with E-state index in [1.165, 1.54) is 17.0 Å². The molecule has 5 rings (SSSR count). The molecule has 1 saturated carbocycles. The van der Waals surface area contributed by atoms with Crippen LogP contribution in [0.25, 0.3) is 0 Å². The minimum absolute atomic E-state index is 0.120. The molecule has 42 heavy (non-hydrogen) atoms. The second-order valence-electron chi connectivity index (χ2n) is 10.4. The molecule has 0 aromatic heterocycles. The molecular formula is C34H32N2O6. The Balaban J connectivity index is 1.21. The lowest BCUT2D eigenvalue weighted by atomic mass is 10.1. The Kier molecular flexibility index (Phi) is 8.82. The number of rotatable bonds is 12. The second-order valence-corrected chi connectivity index (χ2v) is 10.4. The van der Waals surface area contributed by atoms with Crippen LogP contribution in [0.15, 0.2) is 97.1 Å². The van der Waals surface area contributed by atoms with E-state index in [9.17, 15) is 24.6 Å². The highest BCUT2D eigenvalue weighted by molar-refractivity contribution is 5.97. The molecule has 1 fully saturated rings. The third-order valence-electron chi connectivity index (χ3n) is 7.20. The predicted molar refractivity (Wildman–Crippen MR) is 159 cm³/mol. The Labute approximate surface area is 244 Å². The number of carbonyl (C=O) groups excluding carboxylic acids is 2. The molecule has 8 nitrogen and oxygen atoms in total. The van der Waals surface area contributed by atoms with Crippen molar-refractivity contribution in [2.24, 2.45) is 5.92 Å². The van der Waals surface area contributed by atoms with Crippen LogP contribution in [0, 0.1) is 5.92 Å². The van der Waals surface area contributed by atoms with Crippen molar-refractivity contribution >= 4 is 23.5 Å². The maximum absolute atomic E-state index is 13.2. The fraction of sp³-hybridized carbons (Fsp3) is 0.206. The summed E-state index contributed by atoms with van der Waals surface area (Å²) in [5, 5.41) is 22.3. The Hall–Kier alpha value is -5.11. The van der Waals surface area contributed by atoms with Crippen molar-refractivity contribution in [3.63, 3.8) is 0 Å². The van der Waals surface area contributed by atoms with E-state index >= 15 is 0 Å². The fourth-order valence-electron chi connectivity index (χ4n) is 4.58. The third kappa shape index (κ3) is 7.54. The van der Waals surface area contributed by atoms with Crippen LogP contribution in [-0.2, 0) is 17.9 Å². The number of nitrogens with one attached hydrogen (secondary N) is 1. The highest BCUT2D eigenvalue weighted by Gasteiger charge is 2.25. The summed E-state index contributed by atoms with van der Waals surface area (Å²) >= 11 is 0. The van der Waals surface area contributed by atoms with Crippen molar-refractivity contribution in [3.05, 3.63) is 119 Å². The maximum atomic E-state index is 13.2. The first-order valence-corrected chi connectivity index (χ1v) is 13.9. The molecule has 0 atom stereocenters. The molecule has 4 aromatic rings. The molecule has 4 aromatic carbocycles. The first-order valence-electron chi connectivity index (χ1n) is 13.9. The van der Waals surface area contributed by atoms with Gasteiger partial charge in [-0.05, 0) is 78.1 Å². The van der Waals surface area contributed by atoms with Crippen molar-refractivity contribution in [3.8, 4) is 17.2 Å². The molecule has 2 amide bonds. The number of aromatic carboxylic acids is 1. The van der Waals surface area contributed by atoms with Gasteiger partial charge >= 0.3 is 5.97 Å². The van der Waals surface area contributed by atoms with Crippen LogP contribution in [0.2, 0.25) is 0 Å². The number of phenols is 1. The Morgan fingerprint density at radius 3 is 2.17 bits per heavy atom. The number of carboxylic acids is 1. The molecule has 0 heterocycles. The number of hydrogen-bond donors (Lipinski definition) is 3. The zero-order valence-electron chi connectivity index (χ0n) is 23.0. The molecule has 0 saturated heterocycles. The highest BCUT2D eigenvalue weighted by Crippen LogP contribution is 2.34. The zero-order valence-corrected chi connectivity index (χ0v) is 23.0. The van der Waals surface area contributed by atoms with E-state index in [1.54, 1.807) is 30.3 Å². The van der Waals surface area contributed by atoms with Crippen LogP contribution < -0.4 is 15.0 Å². The monoisotopic (exact) mass is 564 g/mol. The van der Waals surface area contributed by atoms with Gasteiger partial charge in [-0.3, -0.25) is 9.59 Å². The Morgan fingerprint density at radius 2 is 1.50 bits per heavy atom. The van der Waals surface area contributed by atoms with Crippen molar-refractivity contribution in [1.82, 2.24) is 5.32 Å². The molecule has 3 N–H and O–H groups in total. The zero-order chi connectivity index (χ0) is 29.5. The first kappa shape index (κ1) is 28.4. The van der Waals surface area contributed by atoms with Crippen molar-refractivity contribution in [2.75, 3.05) is 4.90 Å². The second kappa shape index (κ2) is 13.0. The van der Waals surface area contributed by atoms with Crippen molar-refractivity contribution < 1.29 is 29.3 Å². The smallest absolute Gasteiger partial charge is 0.339 e. The van der Waals surface area contributed by atoms with Gasteiger partial charge in [-0.25, -0.2) is 4.79 Å². The van der Waals surface area contributed by atoms with Crippen LogP contribution in [0.5, 0.6) is 17.2 Å². The fourth-order valence-corrected chi connectivity index (χ4v) is 4.58. The summed E-state index contributed by atoms with van der Waals surface area (Å²) in [7, 11) is 0. The van der Waals surface area contributed by atoms with Gasteiger partial charge in [-0.15, -0.1) is 0 Å². The molecule has 0 bridgehead atoms. The number of carboxylic acid groups (broad SMARTS) is 1. The molecule has 0 aliphatic heterocycles. The van der Waals surface area contributed by atoms with Crippen molar-refractivity contribution in [1.29, 1.82) is 0 Å². The van der Waals surface area contributed by atoms with Gasteiger partial charge in [0.1, 0.15) is 22.8 Å². The van der Waals surface area contributed by atoms with E-state index in [0.717, 1.165) is 36.1 Å². The molecule has 8 heteroatoms. The van der Waals surface area contributed by atoms with Gasteiger partial charge in [0.15, 0.2) is 0 Å². The van der Waals surface area contributed by atoms with Crippen molar-refractivity contribution in [2.45, 2.75) is 38.8 Å². The van der Waals surface area contributed by atoms with Crippen LogP contribution in [0.1, 0.15) is 57.5 Å². The van der Waals surface area contributed by atoms with Gasteiger partial charge in [0.25, 0.3) is 5.91 Å². The topological polar surface area (TPSA) is 116 Å². The van der Waals surface area contributed by atoms with E-state index in [1.807, 2.05) is 54.6 Å². The molecule has 214 valence electrons. The molecular weight excluding hydrogens is 532 g/mol. The van der Waals surface area contributed by atoms with Gasteiger partial charge in [-0.1, -0.05) is 55.3 Å². The summed E-state index contributed by atoms with van der Waals surface area (Å²) in [6.45, 7) is 0.550. The minimum atomic E-state index is -1.27. The molecule has 0 radical (unpaired) electrons. The lowest BCUT2D eigenvalue weighted by molar-refractivity contribution is -0.118. The largest absolute Gasteiger partial charge is 0.507 e. The van der Waals surface area contributed by atoms with Crippen LogP contribution in [0.3, 0.4) is 0 Å². The van der Waals surface area contributed by atoms with Crippen LogP contribution in [-0.4, -0.2) is 28.0 Å². The predicted octanol–water partition coefficient (Wildman–Crippen LogP) is 6.54. The standard InChI is InChI=1S/C34H32N2O6/c37-31-18-15-27(20-30(31)34(40)41)36(32(38)19-12-23-6-7-23)22-25-8-13-26(14-9-25)33(39)35-21-24-10-16-29(17-11-24)42-28-4-2-1-3-5-28/h1-5,8-11,13-18,20,23,37H,6-7,12,19,21-22H2,(H,35,39)(H,40,41). The Bertz CT molecular complexity index is 1550. The summed E-state index contributed by atoms with van der Waals surface area (Å²) in [5.74, 6) is 0.0527.